The van der Waals surface area contributed by atoms with E-state index < -0.39 is 0 Å². The third-order valence-electron chi connectivity index (χ3n) is 4.37. The topological polar surface area (TPSA) is 41.7 Å². The highest BCUT2D eigenvalue weighted by atomic mass is 16.5. The zero-order valence-corrected chi connectivity index (χ0v) is 12.9. The third-order valence-corrected chi connectivity index (χ3v) is 4.37. The van der Waals surface area contributed by atoms with Gasteiger partial charge in [-0.1, -0.05) is 19.1 Å². The molecule has 0 aliphatic carbocycles. The summed E-state index contributed by atoms with van der Waals surface area (Å²) in [5.74, 6) is 0.897. The summed E-state index contributed by atoms with van der Waals surface area (Å²) in [6, 6.07) is 9.21. The van der Waals surface area contributed by atoms with Crippen LogP contribution in [-0.2, 0) is 0 Å². The smallest absolute Gasteiger partial charge is 0.118 e. The minimum absolute atomic E-state index is 0.308. The fraction of sp³-hybridized carbons (Fsp3) is 0.625. The van der Waals surface area contributed by atoms with Gasteiger partial charge in [0.25, 0.3) is 0 Å². The largest absolute Gasteiger partial charge is 0.497 e. The molecule has 2 N–H and O–H groups in total. The Morgan fingerprint density at radius 3 is 2.50 bits per heavy atom. The van der Waals surface area contributed by atoms with E-state index in [1.165, 1.54) is 5.56 Å². The Morgan fingerprint density at radius 2 is 2.00 bits per heavy atom. The number of nitrogens with zero attached hydrogens (tertiary/aromatic N) is 2. The van der Waals surface area contributed by atoms with Crippen molar-refractivity contribution in [3.05, 3.63) is 29.8 Å². The van der Waals surface area contributed by atoms with Crippen molar-refractivity contribution in [3.8, 4) is 5.75 Å². The molecule has 0 amide bonds. The van der Waals surface area contributed by atoms with Crippen molar-refractivity contribution >= 4 is 0 Å². The minimum Gasteiger partial charge on any atom is -0.497 e. The lowest BCUT2D eigenvalue weighted by atomic mass is 10.0. The van der Waals surface area contributed by atoms with Crippen LogP contribution in [0.5, 0.6) is 5.75 Å². The van der Waals surface area contributed by atoms with Crippen LogP contribution in [0.1, 0.15) is 25.5 Å². The SMILES string of the molecule is CCN1CCN(C(CN)c2ccc(OC)cc2)CC1C. The molecule has 1 fully saturated rings. The molecule has 112 valence electrons. The van der Waals surface area contributed by atoms with Crippen LogP contribution in [0.4, 0.5) is 0 Å². The molecule has 0 spiro atoms. The number of methoxy groups -OCH3 is 1. The summed E-state index contributed by atoms with van der Waals surface area (Å²) in [6.45, 7) is 9.63. The molecule has 1 aliphatic rings. The zero-order chi connectivity index (χ0) is 14.5. The van der Waals surface area contributed by atoms with E-state index in [4.69, 9.17) is 10.5 Å². The standard InChI is InChI=1S/C16H27N3O/c1-4-18-9-10-19(12-13(18)2)16(11-17)14-5-7-15(20-3)8-6-14/h5-8,13,16H,4,9-12,17H2,1-3H3. The number of rotatable bonds is 5. The number of ether oxygens (including phenoxy) is 1. The second-order valence-corrected chi connectivity index (χ2v) is 5.50. The second kappa shape index (κ2) is 7.07. The first-order chi connectivity index (χ1) is 9.69. The molecule has 4 heteroatoms. The first kappa shape index (κ1) is 15.3. The summed E-state index contributed by atoms with van der Waals surface area (Å²) in [6.07, 6.45) is 0. The molecule has 1 aromatic carbocycles. The minimum atomic E-state index is 0.308. The average Bonchev–Trinajstić information content (AvgIpc) is 2.49. The number of hydrogen-bond donors (Lipinski definition) is 1. The van der Waals surface area contributed by atoms with Crippen LogP contribution in [-0.4, -0.2) is 55.7 Å². The Balaban J connectivity index is 2.07. The molecule has 4 nitrogen and oxygen atoms in total. The monoisotopic (exact) mass is 277 g/mol. The molecule has 2 unspecified atom stereocenters. The van der Waals surface area contributed by atoms with Gasteiger partial charge in [0.1, 0.15) is 5.75 Å². The van der Waals surface area contributed by atoms with Crippen molar-refractivity contribution in [2.75, 3.05) is 39.8 Å². The van der Waals surface area contributed by atoms with E-state index in [1.54, 1.807) is 7.11 Å². The number of piperazine rings is 1. The van der Waals surface area contributed by atoms with E-state index in [2.05, 4.69) is 35.8 Å². The number of hydrogen-bond acceptors (Lipinski definition) is 4. The summed E-state index contributed by atoms with van der Waals surface area (Å²) in [7, 11) is 1.70. The molecular formula is C16H27N3O. The molecule has 0 bridgehead atoms. The van der Waals surface area contributed by atoms with Crippen LogP contribution in [0, 0.1) is 0 Å². The maximum absolute atomic E-state index is 6.03. The van der Waals surface area contributed by atoms with Gasteiger partial charge in [-0.3, -0.25) is 9.80 Å². The van der Waals surface area contributed by atoms with E-state index in [0.717, 1.165) is 31.9 Å². The lowest BCUT2D eigenvalue weighted by molar-refractivity contribution is 0.0606. The fourth-order valence-corrected chi connectivity index (χ4v) is 3.10. The van der Waals surface area contributed by atoms with Crippen molar-refractivity contribution in [1.29, 1.82) is 0 Å². The van der Waals surface area contributed by atoms with Gasteiger partial charge in [-0.25, -0.2) is 0 Å². The van der Waals surface area contributed by atoms with Crippen LogP contribution in [0.3, 0.4) is 0 Å². The molecule has 2 atom stereocenters. The molecule has 0 saturated carbocycles. The van der Waals surface area contributed by atoms with Crippen molar-refractivity contribution < 1.29 is 4.74 Å². The first-order valence-electron chi connectivity index (χ1n) is 7.51. The van der Waals surface area contributed by atoms with Crippen LogP contribution in [0.25, 0.3) is 0 Å². The van der Waals surface area contributed by atoms with Gasteiger partial charge >= 0.3 is 0 Å². The molecule has 1 saturated heterocycles. The summed E-state index contributed by atoms with van der Waals surface area (Å²) in [4.78, 5) is 5.04. The van der Waals surface area contributed by atoms with Crippen molar-refractivity contribution in [2.24, 2.45) is 5.73 Å². The molecule has 1 heterocycles. The Hall–Kier alpha value is -1.10. The quantitative estimate of drug-likeness (QED) is 0.890. The molecule has 0 aromatic heterocycles. The number of likely N-dealkylation sites (N-methyl/N-ethyl adjacent to an activating group) is 1. The van der Waals surface area contributed by atoms with Gasteiger partial charge in [-0.15, -0.1) is 0 Å². The van der Waals surface area contributed by atoms with Crippen molar-refractivity contribution in [1.82, 2.24) is 9.80 Å². The Bertz CT molecular complexity index is 407. The van der Waals surface area contributed by atoms with Gasteiger partial charge in [0.15, 0.2) is 0 Å². The second-order valence-electron chi connectivity index (χ2n) is 5.50. The summed E-state index contributed by atoms with van der Waals surface area (Å²) < 4.78 is 5.22. The van der Waals surface area contributed by atoms with Gasteiger partial charge in [0.05, 0.1) is 7.11 Å². The van der Waals surface area contributed by atoms with E-state index in [1.807, 2.05) is 12.1 Å². The summed E-state index contributed by atoms with van der Waals surface area (Å²) >= 11 is 0. The van der Waals surface area contributed by atoms with Crippen molar-refractivity contribution in [2.45, 2.75) is 25.9 Å². The molecule has 1 aliphatic heterocycles. The highest BCUT2D eigenvalue weighted by Crippen LogP contribution is 2.24. The van der Waals surface area contributed by atoms with Gasteiger partial charge in [0.2, 0.25) is 0 Å². The van der Waals surface area contributed by atoms with Crippen molar-refractivity contribution in [3.63, 3.8) is 0 Å². The zero-order valence-electron chi connectivity index (χ0n) is 12.9. The van der Waals surface area contributed by atoms with Gasteiger partial charge in [-0.2, -0.15) is 0 Å². The molecule has 20 heavy (non-hydrogen) atoms. The molecule has 2 rings (SSSR count). The predicted molar refractivity (Wildman–Crippen MR) is 83.1 cm³/mol. The highest BCUT2D eigenvalue weighted by molar-refractivity contribution is 5.29. The molecule has 1 aromatic rings. The van der Waals surface area contributed by atoms with Gasteiger partial charge in [-0.05, 0) is 31.2 Å². The predicted octanol–water partition coefficient (Wildman–Crippen LogP) is 1.72. The number of nitrogens with two attached hydrogens (primary N) is 1. The van der Waals surface area contributed by atoms with E-state index in [-0.39, 0.29) is 0 Å². The average molecular weight is 277 g/mol. The van der Waals surface area contributed by atoms with E-state index in [0.29, 0.717) is 18.6 Å². The van der Waals surface area contributed by atoms with Gasteiger partial charge in [0, 0.05) is 38.3 Å². The maximum atomic E-state index is 6.03. The van der Waals surface area contributed by atoms with Crippen LogP contribution in [0.2, 0.25) is 0 Å². The van der Waals surface area contributed by atoms with E-state index >= 15 is 0 Å². The molecular weight excluding hydrogens is 250 g/mol. The summed E-state index contributed by atoms with van der Waals surface area (Å²) in [5.41, 5.74) is 7.32. The Morgan fingerprint density at radius 1 is 1.30 bits per heavy atom. The van der Waals surface area contributed by atoms with E-state index in [9.17, 15) is 0 Å². The van der Waals surface area contributed by atoms with Crippen LogP contribution in [0.15, 0.2) is 24.3 Å². The highest BCUT2D eigenvalue weighted by Gasteiger charge is 2.27. The Labute approximate surface area is 122 Å². The lowest BCUT2D eigenvalue weighted by Gasteiger charge is -2.42. The van der Waals surface area contributed by atoms with Gasteiger partial charge < -0.3 is 10.5 Å². The van der Waals surface area contributed by atoms with Crippen LogP contribution < -0.4 is 10.5 Å². The van der Waals surface area contributed by atoms with Crippen LogP contribution >= 0.6 is 0 Å². The molecule has 0 radical (unpaired) electrons. The lowest BCUT2D eigenvalue weighted by Crippen LogP contribution is -2.53. The maximum Gasteiger partial charge on any atom is 0.118 e. The fourth-order valence-electron chi connectivity index (χ4n) is 3.10. The Kier molecular flexibility index (Phi) is 5.40. The number of benzene rings is 1. The first-order valence-corrected chi connectivity index (χ1v) is 7.51. The normalized spacial score (nSPS) is 22.7. The summed E-state index contributed by atoms with van der Waals surface area (Å²) in [5, 5.41) is 0. The third kappa shape index (κ3) is 3.32.